The highest BCUT2D eigenvalue weighted by atomic mass is 35.5. The van der Waals surface area contributed by atoms with E-state index >= 15 is 0 Å². The van der Waals surface area contributed by atoms with Crippen molar-refractivity contribution in [1.29, 1.82) is 0 Å². The molecule has 0 radical (unpaired) electrons. The first kappa shape index (κ1) is 23.1. The predicted molar refractivity (Wildman–Crippen MR) is 124 cm³/mol. The number of carbonyl (C=O) groups is 1. The predicted octanol–water partition coefficient (Wildman–Crippen LogP) is 3.08. The minimum Gasteiger partial charge on any atom is -0.449 e. The van der Waals surface area contributed by atoms with Crippen LogP contribution in [-0.4, -0.2) is 65.7 Å². The van der Waals surface area contributed by atoms with Gasteiger partial charge in [-0.05, 0) is 25.0 Å². The number of rotatable bonds is 7. The highest BCUT2D eigenvalue weighted by Gasteiger charge is 2.29. The number of aromatic nitrogens is 2. The van der Waals surface area contributed by atoms with Crippen LogP contribution >= 0.6 is 11.6 Å². The number of hydrogen-bond acceptors (Lipinski definition) is 6. The molecule has 4 rings (SSSR count). The number of halogens is 2. The van der Waals surface area contributed by atoms with Crippen LogP contribution in [0.3, 0.4) is 0 Å². The maximum absolute atomic E-state index is 14.6. The summed E-state index contributed by atoms with van der Waals surface area (Å²) in [6.07, 6.45) is 5.32. The fraction of sp³-hybridized carbons (Fsp3) is 0.409. The summed E-state index contributed by atoms with van der Waals surface area (Å²) in [5.41, 5.74) is 7.32. The number of aromatic amines is 1. The van der Waals surface area contributed by atoms with E-state index in [4.69, 9.17) is 26.8 Å². The molecule has 2 fully saturated rings. The lowest BCUT2D eigenvalue weighted by Crippen LogP contribution is -2.36. The molecule has 2 aromatic rings. The number of amides is 1. The van der Waals surface area contributed by atoms with Crippen LogP contribution in [0.1, 0.15) is 18.4 Å². The van der Waals surface area contributed by atoms with E-state index in [1.54, 1.807) is 17.2 Å². The van der Waals surface area contributed by atoms with Crippen LogP contribution in [0.5, 0.6) is 0 Å². The van der Waals surface area contributed by atoms with Gasteiger partial charge in [-0.25, -0.2) is 19.2 Å². The largest absolute Gasteiger partial charge is 0.449 e. The van der Waals surface area contributed by atoms with Crippen LogP contribution in [0, 0.1) is 5.92 Å². The van der Waals surface area contributed by atoms with Gasteiger partial charge in [0.15, 0.2) is 11.6 Å². The van der Waals surface area contributed by atoms with E-state index in [2.05, 4.69) is 26.9 Å². The third-order valence-electron chi connectivity index (χ3n) is 5.67. The van der Waals surface area contributed by atoms with Crippen molar-refractivity contribution in [2.45, 2.75) is 18.9 Å². The molecular formula is C22H26ClFN6O3. The average Bonchev–Trinajstić information content (AvgIpc) is 3.57. The lowest BCUT2D eigenvalue weighted by Gasteiger charge is -2.19. The number of likely N-dealkylation sites (tertiary alicyclic amines) is 1. The number of aliphatic imine (C=N–C) groups is 1. The van der Waals surface area contributed by atoms with Gasteiger partial charge in [0, 0.05) is 55.0 Å². The summed E-state index contributed by atoms with van der Waals surface area (Å²) in [7, 11) is 0. The number of nitrogens with zero attached hydrogens (tertiary/aromatic N) is 3. The molecule has 33 heavy (non-hydrogen) atoms. The quantitative estimate of drug-likeness (QED) is 0.321. The monoisotopic (exact) mass is 476 g/mol. The van der Waals surface area contributed by atoms with Crippen LogP contribution in [0.2, 0.25) is 5.02 Å². The minimum absolute atomic E-state index is 0.0600. The molecule has 0 aromatic carbocycles. The van der Waals surface area contributed by atoms with Gasteiger partial charge in [0.1, 0.15) is 11.5 Å². The molecule has 11 heteroatoms. The summed E-state index contributed by atoms with van der Waals surface area (Å²) in [4.78, 5) is 25.4. The molecule has 9 nitrogen and oxygen atoms in total. The Balaban J connectivity index is 1.42. The zero-order valence-corrected chi connectivity index (χ0v) is 18.8. The summed E-state index contributed by atoms with van der Waals surface area (Å²) in [5.74, 6) is -0.391. The van der Waals surface area contributed by atoms with Crippen LogP contribution in [0.15, 0.2) is 47.8 Å². The maximum Gasteiger partial charge on any atom is 0.409 e. The first-order chi connectivity index (χ1) is 15.9. The number of carbonyl (C=O) groups excluding carboxylic acids is 1. The van der Waals surface area contributed by atoms with E-state index in [0.717, 1.165) is 12.5 Å². The number of ether oxygens (including phenoxy) is 2. The Morgan fingerprint density at radius 1 is 1.55 bits per heavy atom. The Morgan fingerprint density at radius 2 is 2.39 bits per heavy atom. The van der Waals surface area contributed by atoms with Gasteiger partial charge >= 0.3 is 6.09 Å². The second-order valence-electron chi connectivity index (χ2n) is 8.03. The molecule has 0 aliphatic carbocycles. The smallest absolute Gasteiger partial charge is 0.409 e. The van der Waals surface area contributed by atoms with Crippen molar-refractivity contribution in [1.82, 2.24) is 20.2 Å². The van der Waals surface area contributed by atoms with Gasteiger partial charge in [-0.2, -0.15) is 0 Å². The number of fused-ring (bicyclic) bond motifs is 1. The normalized spacial score (nSPS) is 21.9. The molecule has 4 N–H and O–H groups in total. The number of allylic oxidation sites excluding steroid dienone is 2. The van der Waals surface area contributed by atoms with E-state index in [-0.39, 0.29) is 29.7 Å². The third-order valence-corrected chi connectivity index (χ3v) is 5.87. The Labute approximate surface area is 195 Å². The van der Waals surface area contributed by atoms with Crippen molar-refractivity contribution in [2.75, 3.05) is 32.9 Å². The van der Waals surface area contributed by atoms with E-state index < -0.39 is 5.83 Å². The summed E-state index contributed by atoms with van der Waals surface area (Å²) in [6.45, 7) is 5.99. The number of hydrogen-bond donors (Lipinski definition) is 3. The van der Waals surface area contributed by atoms with Crippen molar-refractivity contribution < 1.29 is 18.7 Å². The molecule has 2 aliphatic rings. The zero-order chi connectivity index (χ0) is 23.4. The molecule has 2 aliphatic heterocycles. The average molecular weight is 477 g/mol. The van der Waals surface area contributed by atoms with Crippen LogP contribution < -0.4 is 11.1 Å². The van der Waals surface area contributed by atoms with Gasteiger partial charge in [-0.1, -0.05) is 18.2 Å². The SMILES string of the molecule is C=C/C(F)=C(\N=C(/N)c1c[nH]c2ncc(Cl)cc12)N[C@@H]1CCN(C(=O)OCC2CCOC2)C1. The lowest BCUT2D eigenvalue weighted by atomic mass is 10.1. The fourth-order valence-corrected chi connectivity index (χ4v) is 4.01. The third kappa shape index (κ3) is 5.45. The molecule has 2 aromatic heterocycles. The van der Waals surface area contributed by atoms with Gasteiger partial charge in [0.05, 0.1) is 18.2 Å². The Morgan fingerprint density at radius 3 is 3.15 bits per heavy atom. The Kier molecular flexibility index (Phi) is 7.14. The second kappa shape index (κ2) is 10.2. The Hall–Kier alpha value is -3.11. The number of pyridine rings is 1. The Bertz CT molecular complexity index is 1090. The molecule has 0 bridgehead atoms. The number of H-pyrrole nitrogens is 1. The van der Waals surface area contributed by atoms with Crippen LogP contribution in [0.25, 0.3) is 11.0 Å². The van der Waals surface area contributed by atoms with Crippen molar-refractivity contribution in [2.24, 2.45) is 16.6 Å². The van der Waals surface area contributed by atoms with Gasteiger partial charge in [0.2, 0.25) is 0 Å². The molecule has 0 saturated carbocycles. The fourth-order valence-electron chi connectivity index (χ4n) is 3.85. The van der Waals surface area contributed by atoms with Crippen LogP contribution in [-0.2, 0) is 9.47 Å². The summed E-state index contributed by atoms with van der Waals surface area (Å²) in [6, 6.07) is 1.49. The number of nitrogens with two attached hydrogens (primary N) is 1. The van der Waals surface area contributed by atoms with Gasteiger partial charge < -0.3 is 30.4 Å². The van der Waals surface area contributed by atoms with Crippen LogP contribution in [0.4, 0.5) is 9.18 Å². The molecule has 4 heterocycles. The maximum atomic E-state index is 14.6. The highest BCUT2D eigenvalue weighted by molar-refractivity contribution is 6.31. The van der Waals surface area contributed by atoms with Crippen molar-refractivity contribution >= 4 is 34.6 Å². The molecular weight excluding hydrogens is 451 g/mol. The first-order valence-electron chi connectivity index (χ1n) is 10.7. The van der Waals surface area contributed by atoms with E-state index in [1.807, 2.05) is 0 Å². The van der Waals surface area contributed by atoms with Gasteiger partial charge in [-0.15, -0.1) is 0 Å². The van der Waals surface area contributed by atoms with Crippen molar-refractivity contribution in [3.63, 3.8) is 0 Å². The lowest BCUT2D eigenvalue weighted by molar-refractivity contribution is 0.0890. The second-order valence-corrected chi connectivity index (χ2v) is 8.47. The first-order valence-corrected chi connectivity index (χ1v) is 11.1. The van der Waals surface area contributed by atoms with E-state index in [1.165, 1.54) is 6.20 Å². The summed E-state index contributed by atoms with van der Waals surface area (Å²) < 4.78 is 25.3. The standard InChI is InChI=1S/C22H26ClFN6O3/c1-2-18(24)21(29-19(25)17-9-27-20-16(17)7-14(23)8-26-20)28-15-3-5-30(10-15)22(31)33-12-13-4-6-32-11-13/h2,7-9,13,15,28H,1,3-6,10-12H2,(H2,25,29)(H,26,27)/b21-18+/t13?,15-/m1/s1. The molecule has 2 atom stereocenters. The minimum atomic E-state index is -0.656. The highest BCUT2D eigenvalue weighted by Crippen LogP contribution is 2.22. The van der Waals surface area contributed by atoms with Gasteiger partial charge in [0.25, 0.3) is 0 Å². The van der Waals surface area contributed by atoms with Crippen molar-refractivity contribution in [3.8, 4) is 0 Å². The molecule has 1 unspecified atom stereocenters. The zero-order valence-electron chi connectivity index (χ0n) is 18.0. The molecule has 0 spiro atoms. The summed E-state index contributed by atoms with van der Waals surface area (Å²) >= 11 is 6.04. The van der Waals surface area contributed by atoms with Crippen molar-refractivity contribution in [3.05, 3.63) is 53.3 Å². The van der Waals surface area contributed by atoms with E-state index in [9.17, 15) is 9.18 Å². The topological polar surface area (TPSA) is 118 Å². The van der Waals surface area contributed by atoms with E-state index in [0.29, 0.717) is 61.0 Å². The molecule has 1 amide bonds. The molecule has 2 saturated heterocycles. The number of nitrogens with one attached hydrogen (secondary N) is 2. The van der Waals surface area contributed by atoms with Gasteiger partial charge in [-0.3, -0.25) is 0 Å². The number of amidine groups is 1. The summed E-state index contributed by atoms with van der Waals surface area (Å²) in [5, 5.41) is 4.16. The molecule has 176 valence electrons.